The Morgan fingerprint density at radius 3 is 2.56 bits per heavy atom. The molecule has 0 aliphatic rings. The van der Waals surface area contributed by atoms with Crippen LogP contribution in [0.4, 0.5) is 5.69 Å². The number of nitrogens with two attached hydrogens (primary N) is 1. The van der Waals surface area contributed by atoms with Gasteiger partial charge in [-0.3, -0.25) is 0 Å². The molecule has 0 fully saturated rings. The summed E-state index contributed by atoms with van der Waals surface area (Å²) in [5.41, 5.74) is 8.09. The van der Waals surface area contributed by atoms with E-state index in [2.05, 4.69) is 37.4 Å². The molecule has 0 spiro atoms. The Labute approximate surface area is 111 Å². The highest BCUT2D eigenvalue weighted by Crippen LogP contribution is 2.28. The Bertz CT molecular complexity index is 362. The summed E-state index contributed by atoms with van der Waals surface area (Å²) in [7, 11) is 1.71. The highest BCUT2D eigenvalue weighted by molar-refractivity contribution is 5.58. The van der Waals surface area contributed by atoms with Crippen molar-refractivity contribution < 1.29 is 4.74 Å². The van der Waals surface area contributed by atoms with Gasteiger partial charge in [0.1, 0.15) is 5.75 Å². The van der Waals surface area contributed by atoms with Gasteiger partial charge >= 0.3 is 0 Å². The van der Waals surface area contributed by atoms with Gasteiger partial charge in [0.05, 0.1) is 12.8 Å². The van der Waals surface area contributed by atoms with Crippen LogP contribution >= 0.6 is 0 Å². The van der Waals surface area contributed by atoms with Gasteiger partial charge in [-0.25, -0.2) is 0 Å². The zero-order valence-electron chi connectivity index (χ0n) is 12.0. The first-order chi connectivity index (χ1) is 8.54. The number of rotatable bonds is 7. The zero-order valence-corrected chi connectivity index (χ0v) is 12.0. The summed E-state index contributed by atoms with van der Waals surface area (Å²) in [4.78, 5) is 0. The lowest BCUT2D eigenvalue weighted by molar-refractivity contribution is 0.415. The third-order valence-electron chi connectivity index (χ3n) is 3.04. The molecule has 0 bridgehead atoms. The summed E-state index contributed by atoms with van der Waals surface area (Å²) < 4.78 is 5.43. The Morgan fingerprint density at radius 2 is 2.00 bits per heavy atom. The van der Waals surface area contributed by atoms with Crippen LogP contribution in [-0.4, -0.2) is 19.7 Å². The number of nitrogens with one attached hydrogen (secondary N) is 1. The van der Waals surface area contributed by atoms with Crippen molar-refractivity contribution in [1.82, 2.24) is 0 Å². The molecule has 18 heavy (non-hydrogen) atoms. The molecule has 1 unspecified atom stereocenters. The number of methoxy groups -OCH3 is 1. The quantitative estimate of drug-likeness (QED) is 0.729. The van der Waals surface area contributed by atoms with Crippen molar-refractivity contribution in [2.75, 3.05) is 19.0 Å². The summed E-state index contributed by atoms with van der Waals surface area (Å²) >= 11 is 0. The van der Waals surface area contributed by atoms with E-state index in [0.29, 0.717) is 5.92 Å². The van der Waals surface area contributed by atoms with E-state index in [-0.39, 0.29) is 6.04 Å². The monoisotopic (exact) mass is 250 g/mol. The van der Waals surface area contributed by atoms with E-state index in [1.165, 1.54) is 5.56 Å². The summed E-state index contributed by atoms with van der Waals surface area (Å²) in [6.07, 6.45) is 2.12. The first-order valence-electron chi connectivity index (χ1n) is 6.72. The molecular weight excluding hydrogens is 224 g/mol. The van der Waals surface area contributed by atoms with Gasteiger partial charge in [-0.15, -0.1) is 0 Å². The topological polar surface area (TPSA) is 47.3 Å². The average molecular weight is 250 g/mol. The third-order valence-corrected chi connectivity index (χ3v) is 3.04. The summed E-state index contributed by atoms with van der Waals surface area (Å²) in [5, 5.41) is 3.41. The van der Waals surface area contributed by atoms with Crippen LogP contribution in [0.3, 0.4) is 0 Å². The normalized spacial score (nSPS) is 12.6. The number of anilines is 1. The van der Waals surface area contributed by atoms with Crippen LogP contribution in [-0.2, 0) is 0 Å². The van der Waals surface area contributed by atoms with E-state index in [1.54, 1.807) is 7.11 Å². The molecule has 0 radical (unpaired) electrons. The molecule has 1 rings (SSSR count). The number of hydrogen-bond acceptors (Lipinski definition) is 3. The highest BCUT2D eigenvalue weighted by atomic mass is 16.5. The highest BCUT2D eigenvalue weighted by Gasteiger charge is 2.06. The smallest absolute Gasteiger partial charge is 0.142 e. The van der Waals surface area contributed by atoms with E-state index in [1.807, 2.05) is 6.92 Å². The van der Waals surface area contributed by atoms with Crippen LogP contribution in [0.5, 0.6) is 5.75 Å². The molecule has 1 atom stereocenters. The first kappa shape index (κ1) is 14.8. The minimum absolute atomic E-state index is 0.275. The second-order valence-corrected chi connectivity index (χ2v) is 5.16. The largest absolute Gasteiger partial charge is 0.495 e. The second-order valence-electron chi connectivity index (χ2n) is 5.16. The lowest BCUT2D eigenvalue weighted by atomic mass is 10.0. The molecule has 3 N–H and O–H groups in total. The van der Waals surface area contributed by atoms with E-state index >= 15 is 0 Å². The standard InChI is InChI=1S/C15H26N2O/c1-11(2)13-7-8-14(15(10-13)18-4)17-9-5-6-12(3)16/h7-8,10-12,17H,5-6,9,16H2,1-4H3. The van der Waals surface area contributed by atoms with Crippen molar-refractivity contribution in [2.24, 2.45) is 5.73 Å². The fraction of sp³-hybridized carbons (Fsp3) is 0.600. The van der Waals surface area contributed by atoms with Crippen molar-refractivity contribution in [3.63, 3.8) is 0 Å². The van der Waals surface area contributed by atoms with Gasteiger partial charge < -0.3 is 15.8 Å². The summed E-state index contributed by atoms with van der Waals surface area (Å²) in [5.74, 6) is 1.44. The van der Waals surface area contributed by atoms with Crippen LogP contribution in [0.2, 0.25) is 0 Å². The van der Waals surface area contributed by atoms with Crippen LogP contribution in [0.1, 0.15) is 45.1 Å². The van der Waals surface area contributed by atoms with E-state index in [4.69, 9.17) is 10.5 Å². The van der Waals surface area contributed by atoms with Gasteiger partial charge in [0.25, 0.3) is 0 Å². The van der Waals surface area contributed by atoms with Crippen LogP contribution in [0.15, 0.2) is 18.2 Å². The minimum Gasteiger partial charge on any atom is -0.495 e. The van der Waals surface area contributed by atoms with Crippen molar-refractivity contribution in [2.45, 2.75) is 45.6 Å². The number of hydrogen-bond donors (Lipinski definition) is 2. The molecule has 1 aromatic carbocycles. The lowest BCUT2D eigenvalue weighted by Gasteiger charge is -2.14. The Morgan fingerprint density at radius 1 is 1.28 bits per heavy atom. The van der Waals surface area contributed by atoms with Gasteiger partial charge in [-0.05, 0) is 43.4 Å². The fourth-order valence-electron chi connectivity index (χ4n) is 1.86. The Balaban J connectivity index is 2.59. The molecule has 0 aliphatic carbocycles. The van der Waals surface area contributed by atoms with Crippen LogP contribution in [0.25, 0.3) is 0 Å². The van der Waals surface area contributed by atoms with Gasteiger partial charge in [0, 0.05) is 12.6 Å². The molecule has 0 saturated heterocycles. The Hall–Kier alpha value is -1.22. The van der Waals surface area contributed by atoms with Gasteiger partial charge in [-0.2, -0.15) is 0 Å². The van der Waals surface area contributed by atoms with E-state index in [0.717, 1.165) is 30.8 Å². The molecular formula is C15H26N2O. The van der Waals surface area contributed by atoms with Gasteiger partial charge in [0.15, 0.2) is 0 Å². The van der Waals surface area contributed by atoms with E-state index < -0.39 is 0 Å². The average Bonchev–Trinajstić information content (AvgIpc) is 2.34. The number of benzene rings is 1. The maximum atomic E-state index is 5.73. The lowest BCUT2D eigenvalue weighted by Crippen LogP contribution is -2.16. The molecule has 3 heteroatoms. The van der Waals surface area contributed by atoms with Gasteiger partial charge in [0.2, 0.25) is 0 Å². The van der Waals surface area contributed by atoms with Crippen LogP contribution in [0, 0.1) is 0 Å². The Kier molecular flexibility index (Phi) is 5.99. The fourth-order valence-corrected chi connectivity index (χ4v) is 1.86. The molecule has 0 saturated carbocycles. The van der Waals surface area contributed by atoms with Crippen molar-refractivity contribution in [1.29, 1.82) is 0 Å². The molecule has 0 aliphatic heterocycles. The molecule has 3 nitrogen and oxygen atoms in total. The SMILES string of the molecule is COc1cc(C(C)C)ccc1NCCCC(C)N. The molecule has 0 aromatic heterocycles. The van der Waals surface area contributed by atoms with E-state index in [9.17, 15) is 0 Å². The predicted molar refractivity (Wildman–Crippen MR) is 78.5 cm³/mol. The maximum Gasteiger partial charge on any atom is 0.142 e. The van der Waals surface area contributed by atoms with Gasteiger partial charge in [-0.1, -0.05) is 19.9 Å². The van der Waals surface area contributed by atoms with Crippen molar-refractivity contribution >= 4 is 5.69 Å². The maximum absolute atomic E-state index is 5.73. The number of ether oxygens (including phenoxy) is 1. The molecule has 102 valence electrons. The van der Waals surface area contributed by atoms with Crippen molar-refractivity contribution in [3.8, 4) is 5.75 Å². The minimum atomic E-state index is 0.275. The first-order valence-corrected chi connectivity index (χ1v) is 6.72. The summed E-state index contributed by atoms with van der Waals surface area (Å²) in [6.45, 7) is 7.34. The second kappa shape index (κ2) is 7.27. The van der Waals surface area contributed by atoms with Crippen molar-refractivity contribution in [3.05, 3.63) is 23.8 Å². The summed E-state index contributed by atoms with van der Waals surface area (Å²) in [6, 6.07) is 6.64. The zero-order chi connectivity index (χ0) is 13.5. The molecule has 0 heterocycles. The third kappa shape index (κ3) is 4.57. The molecule has 0 amide bonds. The molecule has 1 aromatic rings. The van der Waals surface area contributed by atoms with Crippen LogP contribution < -0.4 is 15.8 Å². The predicted octanol–water partition coefficient (Wildman–Crippen LogP) is 3.36.